The number of nitrogens with zero attached hydrogens (tertiary/aromatic N) is 1. The van der Waals surface area contributed by atoms with Crippen LogP contribution in [0.4, 0.5) is 0 Å². The van der Waals surface area contributed by atoms with Crippen molar-refractivity contribution >= 4 is 10.1 Å². The van der Waals surface area contributed by atoms with Crippen molar-refractivity contribution in [1.29, 1.82) is 0 Å². The van der Waals surface area contributed by atoms with Gasteiger partial charge < -0.3 is 4.90 Å². The summed E-state index contributed by atoms with van der Waals surface area (Å²) in [6, 6.07) is 0. The molecule has 1 fully saturated rings. The molecule has 1 aliphatic rings. The summed E-state index contributed by atoms with van der Waals surface area (Å²) in [5.41, 5.74) is 0. The summed E-state index contributed by atoms with van der Waals surface area (Å²) in [5.74, 6) is 0.955. The third-order valence-corrected chi connectivity index (χ3v) is 2.34. The zero-order chi connectivity index (χ0) is 11.9. The van der Waals surface area contributed by atoms with Gasteiger partial charge in [-0.25, -0.2) is 0 Å². The Balaban J connectivity index is 0.000000336. The van der Waals surface area contributed by atoms with Crippen molar-refractivity contribution in [3.63, 3.8) is 0 Å². The van der Waals surface area contributed by atoms with Crippen LogP contribution in [-0.4, -0.2) is 43.8 Å². The topological polar surface area (TPSA) is 57.6 Å². The lowest BCUT2D eigenvalue weighted by molar-refractivity contribution is 0.322. The van der Waals surface area contributed by atoms with E-state index in [9.17, 15) is 8.42 Å². The maximum atomic E-state index is 9.19. The Bertz CT molecular complexity index is 243. The minimum absolute atomic E-state index is 0.715. The largest absolute Gasteiger partial charge is 0.303 e. The van der Waals surface area contributed by atoms with Crippen LogP contribution < -0.4 is 0 Å². The van der Waals surface area contributed by atoms with Crippen LogP contribution in [0.3, 0.4) is 0 Å². The molecular formula is C10H23NO3S. The van der Waals surface area contributed by atoms with Crippen molar-refractivity contribution in [2.45, 2.75) is 33.1 Å². The second-order valence-electron chi connectivity index (χ2n) is 4.28. The zero-order valence-electron chi connectivity index (χ0n) is 9.94. The molecule has 0 bridgehead atoms. The minimum atomic E-state index is -3.67. The molecule has 0 aromatic heterocycles. The molecule has 1 atom stereocenters. The van der Waals surface area contributed by atoms with E-state index in [0.717, 1.165) is 5.92 Å². The molecule has 4 nitrogen and oxygen atoms in total. The van der Waals surface area contributed by atoms with Crippen LogP contribution in [0.15, 0.2) is 0 Å². The predicted octanol–water partition coefficient (Wildman–Crippen LogP) is 1.63. The molecular weight excluding hydrogens is 214 g/mol. The van der Waals surface area contributed by atoms with Gasteiger partial charge in [-0.1, -0.05) is 20.3 Å². The van der Waals surface area contributed by atoms with Crippen molar-refractivity contribution < 1.29 is 13.0 Å². The lowest BCUT2D eigenvalue weighted by Crippen LogP contribution is -2.21. The highest BCUT2D eigenvalue weighted by Crippen LogP contribution is 2.14. The van der Waals surface area contributed by atoms with Gasteiger partial charge in [0.15, 0.2) is 0 Å². The van der Waals surface area contributed by atoms with E-state index in [1.807, 2.05) is 0 Å². The van der Waals surface area contributed by atoms with Gasteiger partial charge in [-0.15, -0.1) is 0 Å². The highest BCUT2D eigenvalue weighted by molar-refractivity contribution is 7.85. The van der Waals surface area contributed by atoms with Crippen LogP contribution in [0, 0.1) is 5.92 Å². The van der Waals surface area contributed by atoms with Gasteiger partial charge in [0, 0.05) is 6.54 Å². The van der Waals surface area contributed by atoms with Crippen LogP contribution in [0.5, 0.6) is 0 Å². The summed E-state index contributed by atoms with van der Waals surface area (Å²) < 4.78 is 25.9. The number of unbranched alkanes of at least 4 members (excludes halogenated alkanes) is 1. The van der Waals surface area contributed by atoms with E-state index in [1.54, 1.807) is 0 Å². The minimum Gasteiger partial charge on any atom is -0.303 e. The fourth-order valence-electron chi connectivity index (χ4n) is 1.61. The van der Waals surface area contributed by atoms with Gasteiger partial charge in [-0.3, -0.25) is 4.55 Å². The van der Waals surface area contributed by atoms with E-state index in [-0.39, 0.29) is 0 Å². The molecule has 1 unspecified atom stereocenters. The number of rotatable bonds is 3. The number of hydrogen-bond acceptors (Lipinski definition) is 3. The van der Waals surface area contributed by atoms with Crippen molar-refractivity contribution in [3.05, 3.63) is 0 Å². The van der Waals surface area contributed by atoms with E-state index < -0.39 is 10.1 Å². The fraction of sp³-hybridized carbons (Fsp3) is 1.00. The highest BCUT2D eigenvalue weighted by Gasteiger charge is 2.16. The summed E-state index contributed by atoms with van der Waals surface area (Å²) in [4.78, 5) is 2.59. The first-order chi connectivity index (χ1) is 6.83. The third kappa shape index (κ3) is 11.8. The van der Waals surface area contributed by atoms with Crippen molar-refractivity contribution in [1.82, 2.24) is 4.90 Å². The maximum absolute atomic E-state index is 9.19. The maximum Gasteiger partial charge on any atom is 0.261 e. The van der Waals surface area contributed by atoms with Crippen LogP contribution in [0.2, 0.25) is 0 Å². The lowest BCUT2D eigenvalue weighted by Gasteiger charge is -2.13. The standard InChI is InChI=1S/C9H19N.CH4O3S/c1-3-4-6-10-7-5-9(2)8-10;1-5(2,3)4/h9H,3-8H2,1-2H3;1H3,(H,2,3,4). The van der Waals surface area contributed by atoms with Gasteiger partial charge in [0.05, 0.1) is 6.26 Å². The van der Waals surface area contributed by atoms with Crippen LogP contribution in [0.1, 0.15) is 33.1 Å². The average molecular weight is 237 g/mol. The molecule has 92 valence electrons. The van der Waals surface area contributed by atoms with Gasteiger partial charge >= 0.3 is 0 Å². The Morgan fingerprint density at radius 3 is 2.33 bits per heavy atom. The SMILES string of the molecule is CCCCN1CCC(C)C1.CS(=O)(=O)O. The second kappa shape index (κ2) is 7.19. The molecule has 0 saturated carbocycles. The van der Waals surface area contributed by atoms with Crippen LogP contribution >= 0.6 is 0 Å². The molecule has 1 N–H and O–H groups in total. The van der Waals surface area contributed by atoms with Gasteiger partial charge in [0.1, 0.15) is 0 Å². The van der Waals surface area contributed by atoms with Gasteiger partial charge in [0.2, 0.25) is 0 Å². The molecule has 1 saturated heterocycles. The summed E-state index contributed by atoms with van der Waals surface area (Å²) in [7, 11) is -3.67. The third-order valence-electron chi connectivity index (χ3n) is 2.34. The summed E-state index contributed by atoms with van der Waals surface area (Å²) in [6.07, 6.45) is 4.86. The Kier molecular flexibility index (Phi) is 7.13. The molecule has 0 amide bonds. The summed E-state index contributed by atoms with van der Waals surface area (Å²) >= 11 is 0. The molecule has 0 radical (unpaired) electrons. The van der Waals surface area contributed by atoms with Gasteiger partial charge in [0.25, 0.3) is 10.1 Å². The van der Waals surface area contributed by atoms with Gasteiger partial charge in [-0.05, 0) is 31.8 Å². The monoisotopic (exact) mass is 237 g/mol. The van der Waals surface area contributed by atoms with Crippen LogP contribution in [-0.2, 0) is 10.1 Å². The summed E-state index contributed by atoms with van der Waals surface area (Å²) in [5, 5.41) is 0. The molecule has 1 rings (SSSR count). The first kappa shape index (κ1) is 14.9. The molecule has 0 spiro atoms. The smallest absolute Gasteiger partial charge is 0.261 e. The quantitative estimate of drug-likeness (QED) is 0.758. The Labute approximate surface area is 93.4 Å². The van der Waals surface area contributed by atoms with E-state index in [2.05, 4.69) is 18.7 Å². The van der Waals surface area contributed by atoms with Crippen molar-refractivity contribution in [2.24, 2.45) is 5.92 Å². The molecule has 0 aromatic rings. The molecule has 5 heteroatoms. The van der Waals surface area contributed by atoms with Crippen molar-refractivity contribution in [3.8, 4) is 0 Å². The molecule has 1 heterocycles. The Morgan fingerprint density at radius 1 is 1.47 bits per heavy atom. The Morgan fingerprint density at radius 2 is 2.00 bits per heavy atom. The van der Waals surface area contributed by atoms with E-state index in [0.29, 0.717) is 6.26 Å². The normalized spacial score (nSPS) is 22.3. The van der Waals surface area contributed by atoms with E-state index in [4.69, 9.17) is 4.55 Å². The van der Waals surface area contributed by atoms with E-state index >= 15 is 0 Å². The fourth-order valence-corrected chi connectivity index (χ4v) is 1.61. The van der Waals surface area contributed by atoms with Crippen LogP contribution in [0.25, 0.3) is 0 Å². The lowest BCUT2D eigenvalue weighted by atomic mass is 10.2. The zero-order valence-corrected chi connectivity index (χ0v) is 10.8. The average Bonchev–Trinajstić information content (AvgIpc) is 2.45. The second-order valence-corrected chi connectivity index (χ2v) is 5.75. The summed E-state index contributed by atoms with van der Waals surface area (Å²) in [6.45, 7) is 8.65. The van der Waals surface area contributed by atoms with Gasteiger partial charge in [-0.2, -0.15) is 8.42 Å². The highest BCUT2D eigenvalue weighted by atomic mass is 32.2. The Hall–Kier alpha value is -0.130. The number of likely N-dealkylation sites (tertiary alicyclic amines) is 1. The first-order valence-electron chi connectivity index (χ1n) is 5.47. The molecule has 0 aliphatic carbocycles. The van der Waals surface area contributed by atoms with Crippen molar-refractivity contribution in [2.75, 3.05) is 25.9 Å². The number of hydrogen-bond donors (Lipinski definition) is 1. The molecule has 1 aliphatic heterocycles. The van der Waals surface area contributed by atoms with E-state index in [1.165, 1.54) is 38.9 Å². The predicted molar refractivity (Wildman–Crippen MR) is 62.6 cm³/mol. The molecule has 15 heavy (non-hydrogen) atoms. The first-order valence-corrected chi connectivity index (χ1v) is 7.32. The molecule has 0 aromatic carbocycles.